The zero-order valence-corrected chi connectivity index (χ0v) is 20.7. The zero-order chi connectivity index (χ0) is 25.7. The average molecular weight is 516 g/mol. The molecule has 192 valence electrons. The Labute approximate surface area is 214 Å². The predicted molar refractivity (Wildman–Crippen MR) is 133 cm³/mol. The third kappa shape index (κ3) is 6.00. The molecule has 1 aliphatic heterocycles. The molecule has 1 fully saturated rings. The molecule has 0 aromatic heterocycles. The van der Waals surface area contributed by atoms with E-state index in [1.54, 1.807) is 24.3 Å². The number of rotatable bonds is 11. The molecule has 0 spiro atoms. The smallest absolute Gasteiger partial charge is 0.452 e. The minimum Gasteiger partial charge on any atom is -0.475 e. The van der Waals surface area contributed by atoms with Gasteiger partial charge in [-0.15, -0.1) is 0 Å². The Bertz CT molecular complexity index is 1130. The Morgan fingerprint density at radius 3 is 2.69 bits per heavy atom. The molecule has 3 unspecified atom stereocenters. The molecule has 1 saturated carbocycles. The van der Waals surface area contributed by atoms with E-state index in [1.165, 1.54) is 0 Å². The first kappa shape index (κ1) is 26.0. The number of carboxylic acids is 1. The van der Waals surface area contributed by atoms with Gasteiger partial charge >= 0.3 is 17.7 Å². The largest absolute Gasteiger partial charge is 0.475 e. The number of halogens is 1. The number of esters is 1. The van der Waals surface area contributed by atoms with Crippen LogP contribution in [0.3, 0.4) is 0 Å². The summed E-state index contributed by atoms with van der Waals surface area (Å²) < 4.78 is 16.0. The molecular formula is C27H30ClNO7. The Balaban J connectivity index is 1.34. The summed E-state index contributed by atoms with van der Waals surface area (Å²) in [6.45, 7) is 2.51. The van der Waals surface area contributed by atoms with Crippen LogP contribution < -0.4 is 5.32 Å². The van der Waals surface area contributed by atoms with Gasteiger partial charge in [0.1, 0.15) is 6.26 Å². The SMILES string of the molecule is CC(Cc1cccc(C2=COC(C(=O)O)(C(=O)OCC3CCC3)O2)c1)NCC(O)c1cccc(Cl)c1. The van der Waals surface area contributed by atoms with E-state index in [4.69, 9.17) is 25.8 Å². The number of benzene rings is 2. The number of nitrogens with one attached hydrogen (secondary N) is 1. The lowest BCUT2D eigenvalue weighted by molar-refractivity contribution is -0.213. The minimum atomic E-state index is -2.54. The van der Waals surface area contributed by atoms with Gasteiger partial charge in [-0.3, -0.25) is 0 Å². The summed E-state index contributed by atoms with van der Waals surface area (Å²) in [7, 11) is 0. The van der Waals surface area contributed by atoms with E-state index < -0.39 is 23.8 Å². The maximum Gasteiger partial charge on any atom is 0.452 e. The Kier molecular flexibility index (Phi) is 8.18. The normalized spacial score (nSPS) is 20.9. The average Bonchev–Trinajstić information content (AvgIpc) is 3.29. The van der Waals surface area contributed by atoms with E-state index in [1.807, 2.05) is 31.2 Å². The predicted octanol–water partition coefficient (Wildman–Crippen LogP) is 4.06. The van der Waals surface area contributed by atoms with Gasteiger partial charge in [0.15, 0.2) is 5.76 Å². The number of aliphatic carboxylic acids is 1. The van der Waals surface area contributed by atoms with Crippen LogP contribution in [-0.4, -0.2) is 47.1 Å². The summed E-state index contributed by atoms with van der Waals surface area (Å²) >= 11 is 6.00. The molecule has 36 heavy (non-hydrogen) atoms. The van der Waals surface area contributed by atoms with Gasteiger partial charge in [-0.05, 0) is 61.4 Å². The van der Waals surface area contributed by atoms with Crippen LogP contribution in [0.4, 0.5) is 0 Å². The van der Waals surface area contributed by atoms with Crippen LogP contribution >= 0.6 is 11.6 Å². The highest BCUT2D eigenvalue weighted by atomic mass is 35.5. The minimum absolute atomic E-state index is 0.0309. The summed E-state index contributed by atoms with van der Waals surface area (Å²) in [4.78, 5) is 24.5. The van der Waals surface area contributed by atoms with E-state index in [0.717, 1.165) is 36.7 Å². The van der Waals surface area contributed by atoms with Crippen molar-refractivity contribution in [3.63, 3.8) is 0 Å². The van der Waals surface area contributed by atoms with Crippen molar-refractivity contribution in [1.82, 2.24) is 5.32 Å². The van der Waals surface area contributed by atoms with Crippen LogP contribution in [0.2, 0.25) is 5.02 Å². The van der Waals surface area contributed by atoms with Crippen LogP contribution in [0.1, 0.15) is 49.0 Å². The third-order valence-corrected chi connectivity index (χ3v) is 6.69. The number of hydrogen-bond donors (Lipinski definition) is 3. The molecule has 4 rings (SSSR count). The molecule has 1 aliphatic carbocycles. The molecule has 0 saturated heterocycles. The van der Waals surface area contributed by atoms with Crippen LogP contribution in [-0.2, 0) is 30.2 Å². The summed E-state index contributed by atoms with van der Waals surface area (Å²) in [6.07, 6.45) is 4.08. The van der Waals surface area contributed by atoms with Gasteiger partial charge in [-0.1, -0.05) is 48.4 Å². The first-order valence-electron chi connectivity index (χ1n) is 12.0. The fourth-order valence-electron chi connectivity index (χ4n) is 4.11. The van der Waals surface area contributed by atoms with Gasteiger partial charge in [0.25, 0.3) is 0 Å². The van der Waals surface area contributed by atoms with E-state index in [9.17, 15) is 19.8 Å². The van der Waals surface area contributed by atoms with E-state index in [0.29, 0.717) is 23.6 Å². The quantitative estimate of drug-likeness (QED) is 0.303. The second-order valence-corrected chi connectivity index (χ2v) is 9.74. The van der Waals surface area contributed by atoms with Gasteiger partial charge in [0, 0.05) is 23.2 Å². The molecule has 2 aromatic carbocycles. The number of carbonyl (C=O) groups is 2. The van der Waals surface area contributed by atoms with Gasteiger partial charge < -0.3 is 29.7 Å². The molecule has 0 amide bonds. The van der Waals surface area contributed by atoms with Crippen LogP contribution in [0.15, 0.2) is 54.8 Å². The summed E-state index contributed by atoms with van der Waals surface area (Å²) in [5.74, 6) is -4.79. The monoisotopic (exact) mass is 515 g/mol. The molecule has 3 N–H and O–H groups in total. The van der Waals surface area contributed by atoms with Crippen molar-refractivity contribution >= 4 is 29.3 Å². The maximum absolute atomic E-state index is 12.6. The summed E-state index contributed by atoms with van der Waals surface area (Å²) in [5.41, 5.74) is 2.27. The summed E-state index contributed by atoms with van der Waals surface area (Å²) in [5, 5.41) is 24.0. The molecule has 3 atom stereocenters. The molecule has 0 radical (unpaired) electrons. The van der Waals surface area contributed by atoms with Crippen molar-refractivity contribution < 1.29 is 34.0 Å². The lowest BCUT2D eigenvalue weighted by Gasteiger charge is -2.27. The van der Waals surface area contributed by atoms with Crippen molar-refractivity contribution in [2.24, 2.45) is 5.92 Å². The topological polar surface area (TPSA) is 114 Å². The van der Waals surface area contributed by atoms with Gasteiger partial charge in [0.05, 0.1) is 12.7 Å². The number of aliphatic hydroxyl groups is 1. The lowest BCUT2D eigenvalue weighted by atomic mass is 9.86. The van der Waals surface area contributed by atoms with Crippen molar-refractivity contribution in [3.05, 3.63) is 76.5 Å². The van der Waals surface area contributed by atoms with Gasteiger partial charge in [0.2, 0.25) is 0 Å². The van der Waals surface area contributed by atoms with Crippen LogP contribution in [0, 0.1) is 5.92 Å². The van der Waals surface area contributed by atoms with Crippen LogP contribution in [0.25, 0.3) is 5.76 Å². The Morgan fingerprint density at radius 1 is 1.22 bits per heavy atom. The van der Waals surface area contributed by atoms with Crippen LogP contribution in [0.5, 0.6) is 0 Å². The number of carboxylic acid groups (broad SMARTS) is 1. The van der Waals surface area contributed by atoms with E-state index in [2.05, 4.69) is 5.32 Å². The molecule has 2 aliphatic rings. The highest BCUT2D eigenvalue weighted by Crippen LogP contribution is 2.34. The molecular weight excluding hydrogens is 486 g/mol. The van der Waals surface area contributed by atoms with E-state index >= 15 is 0 Å². The van der Waals surface area contributed by atoms with Crippen molar-refractivity contribution in [1.29, 1.82) is 0 Å². The summed E-state index contributed by atoms with van der Waals surface area (Å²) in [6, 6.07) is 14.5. The second kappa shape index (κ2) is 11.3. The standard InChI is InChI=1S/C27H30ClNO7/c1-17(29-14-23(30)20-8-4-10-22(28)13-20)11-19-7-3-9-21(12-19)24-16-35-27(36-24,25(31)32)26(33)34-15-18-5-2-6-18/h3-4,7-10,12-13,16-18,23,29-30H,2,5-6,11,14-15H2,1H3,(H,31,32). The third-order valence-electron chi connectivity index (χ3n) is 6.46. The lowest BCUT2D eigenvalue weighted by Crippen LogP contribution is -2.49. The Morgan fingerprint density at radius 2 is 2.00 bits per heavy atom. The second-order valence-electron chi connectivity index (χ2n) is 9.30. The van der Waals surface area contributed by atoms with Gasteiger partial charge in [-0.2, -0.15) is 0 Å². The zero-order valence-electron chi connectivity index (χ0n) is 20.0. The molecule has 8 nitrogen and oxygen atoms in total. The number of ether oxygens (including phenoxy) is 3. The number of carbonyl (C=O) groups excluding carboxylic acids is 1. The Hall–Kier alpha value is -3.07. The maximum atomic E-state index is 12.6. The number of hydrogen-bond acceptors (Lipinski definition) is 7. The first-order chi connectivity index (χ1) is 17.3. The van der Waals surface area contributed by atoms with E-state index in [-0.39, 0.29) is 24.3 Å². The number of aliphatic hydroxyl groups excluding tert-OH is 1. The highest BCUT2D eigenvalue weighted by molar-refractivity contribution is 6.30. The first-order valence-corrected chi connectivity index (χ1v) is 12.4. The van der Waals surface area contributed by atoms with Gasteiger partial charge in [-0.25, -0.2) is 9.59 Å². The molecule has 0 bridgehead atoms. The fourth-order valence-corrected chi connectivity index (χ4v) is 4.31. The fraction of sp³-hybridized carbons (Fsp3) is 0.407. The van der Waals surface area contributed by atoms with Crippen molar-refractivity contribution in [2.45, 2.75) is 50.5 Å². The molecule has 2 aromatic rings. The molecule has 1 heterocycles. The highest BCUT2D eigenvalue weighted by Gasteiger charge is 2.57. The molecule has 9 heteroatoms. The van der Waals surface area contributed by atoms with Crippen molar-refractivity contribution in [3.8, 4) is 0 Å². The van der Waals surface area contributed by atoms with Crippen molar-refractivity contribution in [2.75, 3.05) is 13.2 Å².